The minimum Gasteiger partial charge on any atom is -0.453 e. The van der Waals surface area contributed by atoms with Crippen LogP contribution in [0.15, 0.2) is 42.7 Å². The highest BCUT2D eigenvalue weighted by molar-refractivity contribution is 6.31. The van der Waals surface area contributed by atoms with Crippen molar-refractivity contribution in [3.8, 4) is 22.8 Å². The van der Waals surface area contributed by atoms with E-state index in [1.165, 1.54) is 6.33 Å². The van der Waals surface area contributed by atoms with Gasteiger partial charge in [-0.1, -0.05) is 17.7 Å². The highest BCUT2D eigenvalue weighted by Gasteiger charge is 2.29. The zero-order valence-electron chi connectivity index (χ0n) is 18.6. The van der Waals surface area contributed by atoms with Gasteiger partial charge in [-0.25, -0.2) is 14.6 Å². The van der Waals surface area contributed by atoms with Crippen molar-refractivity contribution in [1.29, 1.82) is 0 Å². The molecule has 2 aliphatic heterocycles. The van der Waals surface area contributed by atoms with Crippen LogP contribution in [0.4, 0.5) is 11.5 Å². The molecule has 2 aromatic heterocycles. The summed E-state index contributed by atoms with van der Waals surface area (Å²) in [6.07, 6.45) is 3.49. The summed E-state index contributed by atoms with van der Waals surface area (Å²) in [6.45, 7) is 1.80. The lowest BCUT2D eigenvalue weighted by Gasteiger charge is -2.23. The molecular formula is C24H22ClN7O3. The van der Waals surface area contributed by atoms with Crippen LogP contribution in [0.1, 0.15) is 29.2 Å². The molecule has 0 spiro atoms. The second kappa shape index (κ2) is 8.71. The van der Waals surface area contributed by atoms with Gasteiger partial charge in [-0.15, -0.1) is 0 Å². The number of halogens is 1. The van der Waals surface area contributed by atoms with Crippen LogP contribution >= 0.6 is 11.6 Å². The van der Waals surface area contributed by atoms with Gasteiger partial charge in [0.2, 0.25) is 6.79 Å². The van der Waals surface area contributed by atoms with Crippen molar-refractivity contribution < 1.29 is 14.3 Å². The maximum absolute atomic E-state index is 12.8. The largest absolute Gasteiger partial charge is 0.453 e. The summed E-state index contributed by atoms with van der Waals surface area (Å²) in [5, 5.41) is 12.4. The van der Waals surface area contributed by atoms with Crippen molar-refractivity contribution in [3.05, 3.63) is 53.3 Å². The van der Waals surface area contributed by atoms with Gasteiger partial charge >= 0.3 is 0 Å². The number of nitrogens with one attached hydrogen (secondary N) is 2. The Labute approximate surface area is 205 Å². The molecule has 0 bridgehead atoms. The molecule has 0 radical (unpaired) electrons. The molecule has 0 unspecified atom stereocenters. The number of nitrogens with zero attached hydrogens (tertiary/aromatic N) is 4. The monoisotopic (exact) mass is 491 g/mol. The third-order valence-electron chi connectivity index (χ3n) is 6.24. The van der Waals surface area contributed by atoms with Crippen LogP contribution in [0.2, 0.25) is 5.02 Å². The molecule has 1 amide bonds. The Hall–Kier alpha value is -3.89. The fraction of sp³-hybridized carbons (Fsp3) is 0.250. The van der Waals surface area contributed by atoms with Gasteiger partial charge in [0.05, 0.1) is 17.1 Å². The predicted molar refractivity (Wildman–Crippen MR) is 132 cm³/mol. The summed E-state index contributed by atoms with van der Waals surface area (Å²) >= 11 is 6.03. The number of benzene rings is 2. The number of aromatic nitrogens is 4. The summed E-state index contributed by atoms with van der Waals surface area (Å²) in [7, 11) is 0. The van der Waals surface area contributed by atoms with E-state index in [0.29, 0.717) is 55.9 Å². The molecule has 4 aromatic rings. The Morgan fingerprint density at radius 3 is 2.91 bits per heavy atom. The highest BCUT2D eigenvalue weighted by atomic mass is 35.5. The van der Waals surface area contributed by atoms with Crippen LogP contribution in [-0.4, -0.2) is 45.5 Å². The number of anilines is 2. The van der Waals surface area contributed by atoms with Gasteiger partial charge in [0.15, 0.2) is 17.1 Å². The third kappa shape index (κ3) is 3.80. The van der Waals surface area contributed by atoms with E-state index >= 15 is 0 Å². The number of carbonyl (C=O) groups excluding carboxylic acids is 1. The van der Waals surface area contributed by atoms with Gasteiger partial charge in [-0.2, -0.15) is 5.10 Å². The molecule has 1 saturated heterocycles. The minimum atomic E-state index is -0.310. The maximum Gasteiger partial charge on any atom is 0.255 e. The molecule has 11 heteroatoms. The lowest BCUT2D eigenvalue weighted by Crippen LogP contribution is -2.32. The number of nitrogen functional groups attached to an aromatic ring is 1. The van der Waals surface area contributed by atoms with Gasteiger partial charge < -0.3 is 25.8 Å². The second-order valence-corrected chi connectivity index (χ2v) is 8.88. The summed E-state index contributed by atoms with van der Waals surface area (Å²) in [6, 6.07) is 10.5. The number of nitrogens with two attached hydrogens (primary N) is 1. The number of hydrogen-bond acceptors (Lipinski definition) is 8. The summed E-state index contributed by atoms with van der Waals surface area (Å²) in [5.74, 6) is 0.932. The SMILES string of the molecule is Nc1ncnc2c1c(-c1ccc(NC(=O)c3cccc(Cl)c3)c3c1OCO3)nn2[C@@H]1CCCNC1. The number of fused-ring (bicyclic) bond motifs is 2. The lowest BCUT2D eigenvalue weighted by atomic mass is 10.1. The fourth-order valence-electron chi connectivity index (χ4n) is 4.59. The number of ether oxygens (including phenoxy) is 2. The fourth-order valence-corrected chi connectivity index (χ4v) is 4.78. The topological polar surface area (TPSA) is 129 Å². The molecule has 35 heavy (non-hydrogen) atoms. The van der Waals surface area contributed by atoms with Gasteiger partial charge in [-0.05, 0) is 49.7 Å². The first-order valence-electron chi connectivity index (χ1n) is 11.3. The van der Waals surface area contributed by atoms with Gasteiger partial charge in [0.25, 0.3) is 5.91 Å². The number of hydrogen-bond donors (Lipinski definition) is 3. The van der Waals surface area contributed by atoms with E-state index in [0.717, 1.165) is 25.9 Å². The third-order valence-corrected chi connectivity index (χ3v) is 6.48. The summed E-state index contributed by atoms with van der Waals surface area (Å²) < 4.78 is 13.5. The average Bonchev–Trinajstić information content (AvgIpc) is 3.51. The van der Waals surface area contributed by atoms with Crippen molar-refractivity contribution in [2.45, 2.75) is 18.9 Å². The number of amides is 1. The average molecular weight is 492 g/mol. The van der Waals surface area contributed by atoms with E-state index in [-0.39, 0.29) is 18.7 Å². The molecule has 6 rings (SSSR count). The molecular weight excluding hydrogens is 470 g/mol. The van der Waals surface area contributed by atoms with Crippen molar-refractivity contribution in [2.24, 2.45) is 0 Å². The van der Waals surface area contributed by atoms with E-state index < -0.39 is 0 Å². The highest BCUT2D eigenvalue weighted by Crippen LogP contribution is 2.48. The van der Waals surface area contributed by atoms with Gasteiger partial charge in [0.1, 0.15) is 17.8 Å². The zero-order chi connectivity index (χ0) is 23.9. The van der Waals surface area contributed by atoms with E-state index in [9.17, 15) is 4.79 Å². The van der Waals surface area contributed by atoms with Gasteiger partial charge in [0, 0.05) is 22.7 Å². The molecule has 2 aromatic carbocycles. The Balaban J connectivity index is 1.43. The normalized spacial score (nSPS) is 17.0. The molecule has 4 heterocycles. The Bertz CT molecular complexity index is 1450. The van der Waals surface area contributed by atoms with E-state index in [1.54, 1.807) is 30.3 Å². The molecule has 2 aliphatic rings. The first-order valence-corrected chi connectivity index (χ1v) is 11.7. The van der Waals surface area contributed by atoms with Crippen LogP contribution in [0.5, 0.6) is 11.5 Å². The molecule has 4 N–H and O–H groups in total. The molecule has 1 atom stereocenters. The molecule has 10 nitrogen and oxygen atoms in total. The van der Waals surface area contributed by atoms with Crippen molar-refractivity contribution in [3.63, 3.8) is 0 Å². The predicted octanol–water partition coefficient (Wildman–Crippen LogP) is 3.63. The van der Waals surface area contributed by atoms with Crippen molar-refractivity contribution in [1.82, 2.24) is 25.1 Å². The zero-order valence-corrected chi connectivity index (χ0v) is 19.4. The molecule has 0 aliphatic carbocycles. The second-order valence-electron chi connectivity index (χ2n) is 8.44. The van der Waals surface area contributed by atoms with Crippen LogP contribution in [0, 0.1) is 0 Å². The maximum atomic E-state index is 12.8. The quantitative estimate of drug-likeness (QED) is 0.394. The Morgan fingerprint density at radius 2 is 2.09 bits per heavy atom. The number of carbonyl (C=O) groups is 1. The summed E-state index contributed by atoms with van der Waals surface area (Å²) in [5.41, 5.74) is 9.18. The van der Waals surface area contributed by atoms with Gasteiger partial charge in [-0.3, -0.25) is 4.79 Å². The minimum absolute atomic E-state index is 0.0174. The number of rotatable bonds is 4. The number of piperidine rings is 1. The first kappa shape index (κ1) is 21.6. The van der Waals surface area contributed by atoms with E-state index in [4.69, 9.17) is 31.9 Å². The summed E-state index contributed by atoms with van der Waals surface area (Å²) in [4.78, 5) is 21.5. The smallest absolute Gasteiger partial charge is 0.255 e. The lowest BCUT2D eigenvalue weighted by molar-refractivity contribution is 0.102. The molecule has 0 saturated carbocycles. The van der Waals surface area contributed by atoms with Crippen molar-refractivity contribution in [2.75, 3.05) is 30.9 Å². The van der Waals surface area contributed by atoms with Crippen LogP contribution in [0.3, 0.4) is 0 Å². The Morgan fingerprint density at radius 1 is 1.20 bits per heavy atom. The first-order chi connectivity index (χ1) is 17.1. The standard InChI is InChI=1S/C24H22ClN7O3/c25-14-4-1-3-13(9-14)24(33)30-17-7-6-16(20-21(17)35-12-34-20)19-18-22(26)28-11-29-23(18)32(31-19)15-5-2-8-27-10-15/h1,3-4,6-7,9,11,15,27H,2,5,8,10,12H2,(H,30,33)(H2,26,28,29)/t15-/m1/s1. The molecule has 178 valence electrons. The van der Waals surface area contributed by atoms with Crippen LogP contribution in [0.25, 0.3) is 22.3 Å². The van der Waals surface area contributed by atoms with E-state index in [1.807, 2.05) is 10.7 Å². The van der Waals surface area contributed by atoms with Crippen molar-refractivity contribution >= 4 is 40.0 Å². The van der Waals surface area contributed by atoms with Crippen LogP contribution < -0.4 is 25.8 Å². The Kier molecular flexibility index (Phi) is 5.39. The van der Waals surface area contributed by atoms with E-state index in [2.05, 4.69) is 20.6 Å². The van der Waals surface area contributed by atoms with Crippen LogP contribution in [-0.2, 0) is 0 Å². The molecule has 1 fully saturated rings.